The summed E-state index contributed by atoms with van der Waals surface area (Å²) in [6.07, 6.45) is 1.79. The van der Waals surface area contributed by atoms with Crippen LogP contribution >= 0.6 is 22.7 Å². The van der Waals surface area contributed by atoms with Gasteiger partial charge in [0.15, 0.2) is 16.3 Å². The number of carbonyl (C=O) groups is 1. The highest BCUT2D eigenvalue weighted by Crippen LogP contribution is 2.33. The number of carbonyl (C=O) groups excluding carboxylic acids is 1. The minimum absolute atomic E-state index is 0.217. The lowest BCUT2D eigenvalue weighted by Gasteiger charge is -2.22. The number of hydrogen-bond acceptors (Lipinski definition) is 8. The van der Waals surface area contributed by atoms with E-state index in [1.807, 2.05) is 23.6 Å². The highest BCUT2D eigenvalue weighted by molar-refractivity contribution is 7.10. The van der Waals surface area contributed by atoms with E-state index in [4.69, 9.17) is 14.2 Å². The van der Waals surface area contributed by atoms with Crippen LogP contribution in [0.2, 0.25) is 0 Å². The molecule has 0 aliphatic carbocycles. The first-order valence-corrected chi connectivity index (χ1v) is 11.0. The van der Waals surface area contributed by atoms with E-state index in [-0.39, 0.29) is 5.56 Å². The monoisotopic (exact) mass is 456 g/mol. The van der Waals surface area contributed by atoms with E-state index in [0.717, 1.165) is 10.4 Å². The van der Waals surface area contributed by atoms with Gasteiger partial charge in [-0.1, -0.05) is 23.5 Å². The molecule has 0 N–H and O–H groups in total. The predicted octanol–water partition coefficient (Wildman–Crippen LogP) is 2.49. The first kappa shape index (κ1) is 21.1. The Hall–Kier alpha value is -3.17. The molecule has 0 bridgehead atoms. The fraction of sp³-hybridized carbons (Fsp3) is 0.227. The molecule has 9 heteroatoms. The zero-order chi connectivity index (χ0) is 22.1. The number of nitrogens with zero attached hydrogens (tertiary/aromatic N) is 2. The van der Waals surface area contributed by atoms with Gasteiger partial charge in [-0.05, 0) is 42.1 Å². The summed E-state index contributed by atoms with van der Waals surface area (Å²) >= 11 is 2.76. The molecule has 1 aliphatic heterocycles. The Morgan fingerprint density at radius 1 is 1.16 bits per heavy atom. The smallest absolute Gasteiger partial charge is 0.338 e. The molecule has 7 nitrogen and oxygen atoms in total. The highest BCUT2D eigenvalue weighted by Gasteiger charge is 2.33. The molecule has 0 saturated heterocycles. The zero-order valence-electron chi connectivity index (χ0n) is 17.4. The number of fused-ring (bicyclic) bond motifs is 1. The molecule has 0 radical (unpaired) electrons. The molecular weight excluding hydrogens is 436 g/mol. The summed E-state index contributed by atoms with van der Waals surface area (Å²) < 4.78 is 17.7. The van der Waals surface area contributed by atoms with Crippen molar-refractivity contribution in [1.82, 2.24) is 4.57 Å². The number of thiazole rings is 1. The van der Waals surface area contributed by atoms with Gasteiger partial charge < -0.3 is 14.2 Å². The maximum atomic E-state index is 13.4. The molecular formula is C22H20N2O5S2. The Bertz CT molecular complexity index is 1350. The van der Waals surface area contributed by atoms with Crippen molar-refractivity contribution in [3.8, 4) is 11.5 Å². The number of thiophene rings is 1. The first-order valence-electron chi connectivity index (χ1n) is 9.34. The van der Waals surface area contributed by atoms with Crippen LogP contribution < -0.4 is 24.4 Å². The van der Waals surface area contributed by atoms with Crippen molar-refractivity contribution in [2.75, 3.05) is 21.3 Å². The fourth-order valence-electron chi connectivity index (χ4n) is 3.50. The van der Waals surface area contributed by atoms with E-state index in [1.165, 1.54) is 29.8 Å². The molecule has 160 valence electrons. The molecule has 1 aromatic carbocycles. The topological polar surface area (TPSA) is 79.1 Å². The minimum atomic E-state index is -0.573. The SMILES string of the molecule is COC(=O)C1=C(C)N=c2sc(=Cc3ccc(OC)c(OC)c3)c(=O)n2C1c1cccs1. The fourth-order valence-corrected chi connectivity index (χ4v) is 5.37. The van der Waals surface area contributed by atoms with Gasteiger partial charge >= 0.3 is 5.97 Å². The van der Waals surface area contributed by atoms with Crippen molar-refractivity contribution in [3.63, 3.8) is 0 Å². The van der Waals surface area contributed by atoms with E-state index in [9.17, 15) is 9.59 Å². The molecule has 1 aliphatic rings. The van der Waals surface area contributed by atoms with Gasteiger partial charge in [-0.3, -0.25) is 9.36 Å². The van der Waals surface area contributed by atoms with Crippen molar-refractivity contribution >= 4 is 34.7 Å². The van der Waals surface area contributed by atoms with Crippen molar-refractivity contribution in [2.45, 2.75) is 13.0 Å². The number of ether oxygens (including phenoxy) is 3. The van der Waals surface area contributed by atoms with Crippen LogP contribution in [0.1, 0.15) is 23.4 Å². The van der Waals surface area contributed by atoms with E-state index >= 15 is 0 Å². The van der Waals surface area contributed by atoms with Gasteiger partial charge in [-0.25, -0.2) is 9.79 Å². The molecule has 0 amide bonds. The lowest BCUT2D eigenvalue weighted by molar-refractivity contribution is -0.136. The molecule has 3 aromatic rings. The lowest BCUT2D eigenvalue weighted by Crippen LogP contribution is -2.39. The molecule has 0 fully saturated rings. The number of esters is 1. The van der Waals surface area contributed by atoms with Crippen molar-refractivity contribution < 1.29 is 19.0 Å². The summed E-state index contributed by atoms with van der Waals surface area (Å²) in [4.78, 5) is 31.9. The maximum absolute atomic E-state index is 13.4. The van der Waals surface area contributed by atoms with Gasteiger partial charge in [0.25, 0.3) is 5.56 Å². The normalized spacial score (nSPS) is 16.0. The van der Waals surface area contributed by atoms with Crippen molar-refractivity contribution in [3.05, 3.63) is 77.1 Å². The Kier molecular flexibility index (Phi) is 5.79. The largest absolute Gasteiger partial charge is 0.493 e. The Labute approximate surface area is 186 Å². The molecule has 0 saturated carbocycles. The summed E-state index contributed by atoms with van der Waals surface area (Å²) in [5.41, 5.74) is 1.49. The summed E-state index contributed by atoms with van der Waals surface area (Å²) in [6.45, 7) is 1.76. The van der Waals surface area contributed by atoms with Gasteiger partial charge in [0, 0.05) is 4.88 Å². The predicted molar refractivity (Wildman–Crippen MR) is 120 cm³/mol. The Balaban J connectivity index is 1.92. The molecule has 31 heavy (non-hydrogen) atoms. The van der Waals surface area contributed by atoms with E-state index in [0.29, 0.717) is 32.1 Å². The molecule has 1 atom stereocenters. The number of methoxy groups -OCH3 is 3. The van der Waals surface area contributed by atoms with Gasteiger partial charge in [-0.2, -0.15) is 0 Å². The third-order valence-electron chi connectivity index (χ3n) is 4.95. The second-order valence-electron chi connectivity index (χ2n) is 6.70. The first-order chi connectivity index (χ1) is 15.0. The standard InChI is InChI=1S/C22H20N2O5S2/c1-12-18(21(26)29-4)19(16-6-5-9-30-16)24-20(25)17(31-22(24)23-12)11-13-7-8-14(27-2)15(10-13)28-3/h5-11,19H,1-4H3. The van der Waals surface area contributed by atoms with Gasteiger partial charge in [-0.15, -0.1) is 11.3 Å². The molecule has 4 rings (SSSR count). The number of hydrogen-bond donors (Lipinski definition) is 0. The van der Waals surface area contributed by atoms with E-state index in [2.05, 4.69) is 4.99 Å². The second kappa shape index (κ2) is 8.52. The minimum Gasteiger partial charge on any atom is -0.493 e. The van der Waals surface area contributed by atoms with Crippen molar-refractivity contribution in [1.29, 1.82) is 0 Å². The van der Waals surface area contributed by atoms with E-state index in [1.54, 1.807) is 43.9 Å². The number of rotatable bonds is 5. The maximum Gasteiger partial charge on any atom is 0.338 e. The van der Waals surface area contributed by atoms with Gasteiger partial charge in [0.2, 0.25) is 0 Å². The van der Waals surface area contributed by atoms with Crippen LogP contribution in [0.15, 0.2) is 56.8 Å². The van der Waals surface area contributed by atoms with Crippen LogP contribution in [-0.2, 0) is 9.53 Å². The Morgan fingerprint density at radius 3 is 2.58 bits per heavy atom. The number of allylic oxidation sites excluding steroid dienone is 1. The lowest BCUT2D eigenvalue weighted by atomic mass is 10.0. The summed E-state index contributed by atoms with van der Waals surface area (Å²) in [7, 11) is 4.46. The van der Waals surface area contributed by atoms with Gasteiger partial charge in [0.1, 0.15) is 6.04 Å². The summed E-state index contributed by atoms with van der Waals surface area (Å²) in [6, 6.07) is 8.67. The van der Waals surface area contributed by atoms with Crippen molar-refractivity contribution in [2.24, 2.45) is 4.99 Å². The average Bonchev–Trinajstić information content (AvgIpc) is 3.41. The molecule has 0 spiro atoms. The Morgan fingerprint density at radius 2 is 1.94 bits per heavy atom. The molecule has 3 heterocycles. The van der Waals surface area contributed by atoms with Crippen LogP contribution in [0.3, 0.4) is 0 Å². The van der Waals surface area contributed by atoms with Gasteiger partial charge in [0.05, 0.1) is 37.1 Å². The average molecular weight is 457 g/mol. The zero-order valence-corrected chi connectivity index (χ0v) is 19.0. The summed E-state index contributed by atoms with van der Waals surface area (Å²) in [5.74, 6) is 0.690. The molecule has 1 unspecified atom stereocenters. The van der Waals surface area contributed by atoms with Crippen LogP contribution in [0.25, 0.3) is 6.08 Å². The van der Waals surface area contributed by atoms with Crippen LogP contribution in [0.5, 0.6) is 11.5 Å². The van der Waals surface area contributed by atoms with Crippen LogP contribution in [0.4, 0.5) is 0 Å². The molecule has 2 aromatic heterocycles. The quantitative estimate of drug-likeness (QED) is 0.551. The number of benzene rings is 1. The highest BCUT2D eigenvalue weighted by atomic mass is 32.1. The second-order valence-corrected chi connectivity index (χ2v) is 8.69. The summed E-state index contributed by atoms with van der Waals surface area (Å²) in [5, 5.41) is 1.92. The number of aromatic nitrogens is 1. The third kappa shape index (κ3) is 3.70. The van der Waals surface area contributed by atoms with Crippen LogP contribution in [-0.4, -0.2) is 31.9 Å². The van der Waals surface area contributed by atoms with E-state index < -0.39 is 12.0 Å². The third-order valence-corrected chi connectivity index (χ3v) is 6.85. The van der Waals surface area contributed by atoms with Crippen LogP contribution in [0, 0.1) is 0 Å².